The monoisotopic (exact) mass is 422 g/mol. The predicted molar refractivity (Wildman–Crippen MR) is 103 cm³/mol. The molecular weight excluding hydrogens is 409 g/mol. The van der Waals surface area contributed by atoms with Gasteiger partial charge in [-0.1, -0.05) is 17.7 Å². The number of hydrogen-bond acceptors (Lipinski definition) is 3. The first-order valence-corrected chi connectivity index (χ1v) is 9.04. The quantitative estimate of drug-likeness (QED) is 0.650. The summed E-state index contributed by atoms with van der Waals surface area (Å²) < 4.78 is 46.1. The number of pyridine rings is 1. The third-order valence-electron chi connectivity index (χ3n) is 4.61. The Morgan fingerprint density at radius 1 is 1.28 bits per heavy atom. The summed E-state index contributed by atoms with van der Waals surface area (Å²) in [5, 5.41) is 2.66. The van der Waals surface area contributed by atoms with Crippen LogP contribution in [-0.2, 0) is 12.7 Å². The lowest BCUT2D eigenvalue weighted by atomic mass is 10.1. The Morgan fingerprint density at radius 3 is 2.76 bits per heavy atom. The fourth-order valence-corrected chi connectivity index (χ4v) is 3.60. The second kappa shape index (κ2) is 6.81. The number of anilines is 1. The summed E-state index contributed by atoms with van der Waals surface area (Å²) in [5.41, 5.74) is -1.33. The van der Waals surface area contributed by atoms with E-state index in [4.69, 9.17) is 16.3 Å². The molecule has 2 aromatic carbocycles. The van der Waals surface area contributed by atoms with Crippen LogP contribution in [0.2, 0.25) is 5.02 Å². The van der Waals surface area contributed by atoms with Crippen LogP contribution in [0, 0.1) is 0 Å². The largest absolute Gasteiger partial charge is 0.487 e. The number of alkyl halides is 3. The molecule has 0 fully saturated rings. The average molecular weight is 423 g/mol. The van der Waals surface area contributed by atoms with E-state index in [2.05, 4.69) is 5.32 Å². The van der Waals surface area contributed by atoms with Crippen molar-refractivity contribution < 1.29 is 22.7 Å². The van der Waals surface area contributed by atoms with Gasteiger partial charge in [0.1, 0.15) is 17.4 Å². The number of ether oxygens (including phenoxy) is 1. The third-order valence-corrected chi connectivity index (χ3v) is 4.92. The molecule has 29 heavy (non-hydrogen) atoms. The predicted octanol–water partition coefficient (Wildman–Crippen LogP) is 4.71. The summed E-state index contributed by atoms with van der Waals surface area (Å²) in [6, 6.07) is 7.36. The van der Waals surface area contributed by atoms with Gasteiger partial charge < -0.3 is 14.6 Å². The number of benzene rings is 2. The fourth-order valence-electron chi connectivity index (χ4n) is 3.37. The standard InChI is InChI=1S/C20H14ClF3N2O3/c1-10-8-26-9-13(18(27)16-14(21)5-6-15(29-10)17(16)26)19(28)25-12-4-2-3-11(7-12)20(22,23)24/h2-7,9-10H,8H2,1H3,(H,25,28)/t10-/m1/s1. The normalized spacial score (nSPS) is 15.8. The van der Waals surface area contributed by atoms with E-state index in [1.54, 1.807) is 10.6 Å². The molecule has 1 aromatic heterocycles. The third kappa shape index (κ3) is 3.44. The summed E-state index contributed by atoms with van der Waals surface area (Å²) in [4.78, 5) is 25.7. The SMILES string of the molecule is C[C@@H]1Cn2cc(C(=O)Nc3cccc(C(F)(F)F)c3)c(=O)c3c(Cl)ccc(c32)O1. The van der Waals surface area contributed by atoms with Crippen molar-refractivity contribution in [2.45, 2.75) is 25.7 Å². The topological polar surface area (TPSA) is 60.3 Å². The first-order chi connectivity index (χ1) is 13.6. The lowest BCUT2D eigenvalue weighted by Gasteiger charge is -2.26. The number of nitrogens with one attached hydrogen (secondary N) is 1. The number of carbonyl (C=O) groups is 1. The molecule has 3 aromatic rings. The van der Waals surface area contributed by atoms with Crippen LogP contribution < -0.4 is 15.5 Å². The molecule has 5 nitrogen and oxygen atoms in total. The van der Waals surface area contributed by atoms with Gasteiger partial charge in [-0.25, -0.2) is 0 Å². The number of rotatable bonds is 2. The van der Waals surface area contributed by atoms with Crippen molar-refractivity contribution in [1.29, 1.82) is 0 Å². The zero-order valence-corrected chi connectivity index (χ0v) is 15.8. The maximum atomic E-state index is 12.9. The number of amides is 1. The van der Waals surface area contributed by atoms with Crippen LogP contribution in [0.25, 0.3) is 10.9 Å². The molecular formula is C20H14ClF3N2O3. The second-order valence-electron chi connectivity index (χ2n) is 6.75. The van der Waals surface area contributed by atoms with Crippen molar-refractivity contribution in [3.05, 3.63) is 69.0 Å². The maximum absolute atomic E-state index is 12.9. The minimum Gasteiger partial charge on any atom is -0.487 e. The van der Waals surface area contributed by atoms with Gasteiger partial charge >= 0.3 is 6.18 Å². The fraction of sp³-hybridized carbons (Fsp3) is 0.200. The van der Waals surface area contributed by atoms with Gasteiger partial charge in [-0.2, -0.15) is 13.2 Å². The second-order valence-corrected chi connectivity index (χ2v) is 7.16. The zero-order valence-electron chi connectivity index (χ0n) is 15.0. The molecule has 0 saturated carbocycles. The molecule has 0 spiro atoms. The molecule has 150 valence electrons. The Kier molecular flexibility index (Phi) is 4.53. The van der Waals surface area contributed by atoms with Crippen LogP contribution in [-0.4, -0.2) is 16.6 Å². The van der Waals surface area contributed by atoms with Gasteiger partial charge in [-0.05, 0) is 37.3 Å². The van der Waals surface area contributed by atoms with E-state index < -0.39 is 23.1 Å². The molecule has 0 radical (unpaired) electrons. The molecule has 1 amide bonds. The first-order valence-electron chi connectivity index (χ1n) is 8.66. The van der Waals surface area contributed by atoms with Gasteiger partial charge in [0.15, 0.2) is 0 Å². The van der Waals surface area contributed by atoms with E-state index in [1.165, 1.54) is 24.4 Å². The minimum absolute atomic E-state index is 0.0699. The van der Waals surface area contributed by atoms with Crippen LogP contribution >= 0.6 is 11.6 Å². The maximum Gasteiger partial charge on any atom is 0.416 e. The Bertz CT molecular complexity index is 1200. The van der Waals surface area contributed by atoms with Crippen molar-refractivity contribution in [2.24, 2.45) is 0 Å². The van der Waals surface area contributed by atoms with Crippen molar-refractivity contribution in [3.63, 3.8) is 0 Å². The van der Waals surface area contributed by atoms with Crippen molar-refractivity contribution in [2.75, 3.05) is 5.32 Å². The number of halogens is 4. The molecule has 1 atom stereocenters. The lowest BCUT2D eigenvalue weighted by Crippen LogP contribution is -2.30. The number of carbonyl (C=O) groups excluding carboxylic acids is 1. The van der Waals surface area contributed by atoms with E-state index >= 15 is 0 Å². The van der Waals surface area contributed by atoms with Crippen LogP contribution in [0.15, 0.2) is 47.4 Å². The summed E-state index contributed by atoms with van der Waals surface area (Å²) >= 11 is 6.21. The van der Waals surface area contributed by atoms with Crippen molar-refractivity contribution in [3.8, 4) is 5.75 Å². The average Bonchev–Trinajstić information content (AvgIpc) is 2.65. The van der Waals surface area contributed by atoms with E-state index in [1.807, 2.05) is 6.92 Å². The van der Waals surface area contributed by atoms with Crippen LogP contribution in [0.4, 0.5) is 18.9 Å². The summed E-state index contributed by atoms with van der Waals surface area (Å²) in [6.45, 7) is 2.22. The van der Waals surface area contributed by atoms with Crippen molar-refractivity contribution >= 4 is 34.1 Å². The lowest BCUT2D eigenvalue weighted by molar-refractivity contribution is -0.137. The number of aromatic nitrogens is 1. The molecule has 1 aliphatic rings. The highest BCUT2D eigenvalue weighted by Gasteiger charge is 2.31. The highest BCUT2D eigenvalue weighted by Crippen LogP contribution is 2.34. The number of nitrogens with zero attached hydrogens (tertiary/aromatic N) is 1. The summed E-state index contributed by atoms with van der Waals surface area (Å²) in [5.74, 6) is -0.342. The highest BCUT2D eigenvalue weighted by molar-refractivity contribution is 6.35. The van der Waals surface area contributed by atoms with E-state index in [9.17, 15) is 22.8 Å². The van der Waals surface area contributed by atoms with Gasteiger partial charge in [0.05, 0.1) is 28.0 Å². The van der Waals surface area contributed by atoms with Gasteiger partial charge in [0, 0.05) is 11.9 Å². The zero-order chi connectivity index (χ0) is 20.9. The molecule has 0 bridgehead atoms. The Labute approximate surface area is 167 Å². The number of hydrogen-bond donors (Lipinski definition) is 1. The van der Waals surface area contributed by atoms with Crippen LogP contribution in [0.5, 0.6) is 5.75 Å². The molecule has 2 heterocycles. The Balaban J connectivity index is 1.79. The molecule has 1 N–H and O–H groups in total. The summed E-state index contributed by atoms with van der Waals surface area (Å²) in [6.07, 6.45) is -3.37. The van der Waals surface area contributed by atoms with Crippen LogP contribution in [0.3, 0.4) is 0 Å². The van der Waals surface area contributed by atoms with E-state index in [0.29, 0.717) is 17.8 Å². The molecule has 4 rings (SSSR count). The molecule has 9 heteroatoms. The molecule has 0 unspecified atom stereocenters. The van der Waals surface area contributed by atoms with Gasteiger partial charge in [0.25, 0.3) is 5.91 Å². The minimum atomic E-state index is -4.55. The van der Waals surface area contributed by atoms with Gasteiger partial charge in [-0.3, -0.25) is 9.59 Å². The van der Waals surface area contributed by atoms with E-state index in [-0.39, 0.29) is 27.8 Å². The summed E-state index contributed by atoms with van der Waals surface area (Å²) in [7, 11) is 0. The van der Waals surface area contributed by atoms with Crippen LogP contribution in [0.1, 0.15) is 22.8 Å². The van der Waals surface area contributed by atoms with Crippen molar-refractivity contribution in [1.82, 2.24) is 4.57 Å². The van der Waals surface area contributed by atoms with Gasteiger partial charge in [-0.15, -0.1) is 0 Å². The Hall–Kier alpha value is -3.00. The molecule has 0 saturated heterocycles. The molecule has 0 aliphatic carbocycles. The smallest absolute Gasteiger partial charge is 0.416 e. The highest BCUT2D eigenvalue weighted by atomic mass is 35.5. The Morgan fingerprint density at radius 2 is 2.03 bits per heavy atom. The van der Waals surface area contributed by atoms with E-state index in [0.717, 1.165) is 12.1 Å². The van der Waals surface area contributed by atoms with Gasteiger partial charge in [0.2, 0.25) is 5.43 Å². The first kappa shape index (κ1) is 19.3. The molecule has 1 aliphatic heterocycles.